The van der Waals surface area contributed by atoms with Crippen LogP contribution in [0, 0.1) is 19.8 Å². The van der Waals surface area contributed by atoms with Crippen molar-refractivity contribution in [3.63, 3.8) is 0 Å². The van der Waals surface area contributed by atoms with Gasteiger partial charge in [-0.25, -0.2) is 9.78 Å². The van der Waals surface area contributed by atoms with E-state index in [1.54, 1.807) is 11.3 Å². The van der Waals surface area contributed by atoms with E-state index in [1.807, 2.05) is 29.7 Å². The van der Waals surface area contributed by atoms with E-state index in [4.69, 9.17) is 0 Å². The third-order valence-electron chi connectivity index (χ3n) is 4.23. The van der Waals surface area contributed by atoms with Crippen molar-refractivity contribution in [1.82, 2.24) is 20.1 Å². The monoisotopic (exact) mass is 317 g/mol. The summed E-state index contributed by atoms with van der Waals surface area (Å²) in [5.41, 5.74) is 2.86. The quantitative estimate of drug-likeness (QED) is 0.943. The molecule has 1 aliphatic carbocycles. The van der Waals surface area contributed by atoms with Gasteiger partial charge in [0.05, 0.1) is 10.6 Å². The Bertz CT molecular complexity index is 717. The number of nitrogens with one attached hydrogen (secondary N) is 1. The van der Waals surface area contributed by atoms with E-state index in [0.717, 1.165) is 52.6 Å². The van der Waals surface area contributed by atoms with Gasteiger partial charge in [-0.3, -0.25) is 10.00 Å². The summed E-state index contributed by atoms with van der Waals surface area (Å²) in [6.45, 7) is 6.41. The van der Waals surface area contributed by atoms with Crippen LogP contribution < -0.4 is 4.90 Å². The Morgan fingerprint density at radius 3 is 2.86 bits per heavy atom. The number of hydrogen-bond acceptors (Lipinski definition) is 4. The van der Waals surface area contributed by atoms with E-state index >= 15 is 0 Å². The fourth-order valence-electron chi connectivity index (χ4n) is 2.81. The Labute approximate surface area is 133 Å². The maximum Gasteiger partial charge on any atom is 0.326 e. The molecule has 1 N–H and O–H groups in total. The normalized spacial score (nSPS) is 18.5. The second kappa shape index (κ2) is 5.08. The highest BCUT2D eigenvalue weighted by Gasteiger charge is 2.35. The van der Waals surface area contributed by atoms with Crippen molar-refractivity contribution in [1.29, 1.82) is 0 Å². The molecule has 0 spiro atoms. The molecule has 1 saturated heterocycles. The van der Waals surface area contributed by atoms with Crippen molar-refractivity contribution in [3.05, 3.63) is 17.5 Å². The summed E-state index contributed by atoms with van der Waals surface area (Å²) < 4.78 is 0. The largest absolute Gasteiger partial charge is 0.326 e. The molecule has 116 valence electrons. The van der Waals surface area contributed by atoms with Crippen LogP contribution in [0.25, 0.3) is 10.6 Å². The number of anilines is 1. The summed E-state index contributed by atoms with van der Waals surface area (Å²) >= 11 is 1.55. The number of thiazole rings is 1. The van der Waals surface area contributed by atoms with Crippen LogP contribution in [0.4, 0.5) is 9.93 Å². The first kappa shape index (κ1) is 13.8. The molecule has 22 heavy (non-hydrogen) atoms. The molecule has 1 aliphatic heterocycles. The summed E-state index contributed by atoms with van der Waals surface area (Å²) in [5.74, 6) is 0.726. The smallest absolute Gasteiger partial charge is 0.322 e. The van der Waals surface area contributed by atoms with E-state index in [-0.39, 0.29) is 6.03 Å². The number of hydrogen-bond donors (Lipinski definition) is 1. The molecular formula is C15H19N5OS. The Balaban J connectivity index is 1.57. The number of H-pyrrole nitrogens is 1. The van der Waals surface area contributed by atoms with E-state index in [1.165, 1.54) is 12.8 Å². The number of urea groups is 1. The van der Waals surface area contributed by atoms with Gasteiger partial charge in [0.1, 0.15) is 5.69 Å². The first-order valence-electron chi connectivity index (χ1n) is 7.68. The van der Waals surface area contributed by atoms with Crippen molar-refractivity contribution in [2.45, 2.75) is 26.7 Å². The van der Waals surface area contributed by atoms with E-state index in [9.17, 15) is 4.79 Å². The van der Waals surface area contributed by atoms with E-state index in [2.05, 4.69) is 15.2 Å². The summed E-state index contributed by atoms with van der Waals surface area (Å²) in [5, 5.41) is 8.05. The lowest BCUT2D eigenvalue weighted by atomic mass is 10.3. The van der Waals surface area contributed by atoms with Gasteiger partial charge in [0.25, 0.3) is 0 Å². The Hall–Kier alpha value is -1.89. The Kier molecular flexibility index (Phi) is 3.18. The van der Waals surface area contributed by atoms with Crippen LogP contribution in [0.1, 0.15) is 24.2 Å². The van der Waals surface area contributed by atoms with Crippen LogP contribution in [0.15, 0.2) is 6.07 Å². The molecule has 6 nitrogen and oxygen atoms in total. The van der Waals surface area contributed by atoms with Crippen LogP contribution in [0.2, 0.25) is 0 Å². The second-order valence-electron chi connectivity index (χ2n) is 6.17. The molecule has 2 aliphatic rings. The van der Waals surface area contributed by atoms with Crippen LogP contribution >= 0.6 is 11.3 Å². The minimum atomic E-state index is 0.102. The zero-order chi connectivity index (χ0) is 15.3. The molecule has 7 heteroatoms. The average Bonchev–Trinajstić information content (AvgIpc) is 2.89. The number of carbonyl (C=O) groups excluding carboxylic acids is 1. The Morgan fingerprint density at radius 2 is 2.18 bits per heavy atom. The number of aromatic amines is 1. The molecule has 0 unspecified atom stereocenters. The summed E-state index contributed by atoms with van der Waals surface area (Å²) in [6, 6.07) is 2.11. The highest BCUT2D eigenvalue weighted by Crippen LogP contribution is 2.36. The fourth-order valence-corrected chi connectivity index (χ4v) is 3.86. The van der Waals surface area contributed by atoms with Crippen molar-refractivity contribution >= 4 is 22.5 Å². The number of amides is 2. The van der Waals surface area contributed by atoms with Gasteiger partial charge in [-0.1, -0.05) is 11.3 Å². The van der Waals surface area contributed by atoms with Crippen molar-refractivity contribution < 1.29 is 4.79 Å². The minimum absolute atomic E-state index is 0.102. The molecule has 2 amide bonds. The summed E-state index contributed by atoms with van der Waals surface area (Å²) in [6.07, 6.45) is 2.53. The van der Waals surface area contributed by atoms with Gasteiger partial charge in [-0.05, 0) is 38.7 Å². The molecular weight excluding hydrogens is 298 g/mol. The highest BCUT2D eigenvalue weighted by atomic mass is 32.1. The molecule has 2 fully saturated rings. The first-order valence-corrected chi connectivity index (χ1v) is 8.49. The number of carbonyl (C=O) groups is 1. The predicted octanol–water partition coefficient (Wildman–Crippen LogP) is 2.80. The molecule has 4 rings (SSSR count). The molecule has 0 aromatic carbocycles. The SMILES string of the molecule is Cc1cc(-c2sc(N3CCN(CC4CC4)C3=O)nc2C)n[nH]1. The van der Waals surface area contributed by atoms with Crippen LogP contribution in [-0.4, -0.2) is 45.7 Å². The minimum Gasteiger partial charge on any atom is -0.322 e. The van der Waals surface area contributed by atoms with Gasteiger partial charge >= 0.3 is 6.03 Å². The highest BCUT2D eigenvalue weighted by molar-refractivity contribution is 7.19. The second-order valence-corrected chi connectivity index (χ2v) is 7.15. The standard InChI is InChI=1S/C15H19N5OS/c1-9-7-12(18-17-9)13-10(2)16-14(22-13)20-6-5-19(15(20)21)8-11-3-4-11/h7,11H,3-6,8H2,1-2H3,(H,17,18). The van der Waals surface area contributed by atoms with Crippen molar-refractivity contribution in [2.75, 3.05) is 24.5 Å². The molecule has 2 aromatic heterocycles. The van der Waals surface area contributed by atoms with E-state index < -0.39 is 0 Å². The number of aryl methyl sites for hydroxylation is 2. The molecule has 0 radical (unpaired) electrons. The lowest BCUT2D eigenvalue weighted by molar-refractivity contribution is 0.218. The Morgan fingerprint density at radius 1 is 1.36 bits per heavy atom. The zero-order valence-corrected chi connectivity index (χ0v) is 13.6. The van der Waals surface area contributed by atoms with Crippen LogP contribution in [0.5, 0.6) is 0 Å². The molecule has 1 saturated carbocycles. The summed E-state index contributed by atoms with van der Waals surface area (Å²) in [4.78, 5) is 21.9. The van der Waals surface area contributed by atoms with Crippen molar-refractivity contribution in [3.8, 4) is 10.6 Å². The van der Waals surface area contributed by atoms with Crippen LogP contribution in [0.3, 0.4) is 0 Å². The third kappa shape index (κ3) is 2.39. The molecule has 0 bridgehead atoms. The van der Waals surface area contributed by atoms with Crippen LogP contribution in [-0.2, 0) is 0 Å². The predicted molar refractivity (Wildman–Crippen MR) is 86.2 cm³/mol. The maximum absolute atomic E-state index is 12.5. The molecule has 3 heterocycles. The third-order valence-corrected chi connectivity index (χ3v) is 5.43. The van der Waals surface area contributed by atoms with Crippen molar-refractivity contribution in [2.24, 2.45) is 5.92 Å². The van der Waals surface area contributed by atoms with Gasteiger partial charge in [-0.2, -0.15) is 5.10 Å². The fraction of sp³-hybridized carbons (Fsp3) is 0.533. The number of nitrogens with zero attached hydrogens (tertiary/aromatic N) is 4. The lowest BCUT2D eigenvalue weighted by Gasteiger charge is -2.16. The van der Waals surface area contributed by atoms with Gasteiger partial charge in [-0.15, -0.1) is 0 Å². The number of aromatic nitrogens is 3. The van der Waals surface area contributed by atoms with E-state index in [0.29, 0.717) is 0 Å². The lowest BCUT2D eigenvalue weighted by Crippen LogP contribution is -2.33. The van der Waals surface area contributed by atoms with Gasteiger partial charge in [0.2, 0.25) is 0 Å². The topological polar surface area (TPSA) is 65.1 Å². The van der Waals surface area contributed by atoms with Gasteiger partial charge < -0.3 is 4.90 Å². The van der Waals surface area contributed by atoms with Gasteiger partial charge in [0, 0.05) is 25.3 Å². The first-order chi connectivity index (χ1) is 10.6. The number of rotatable bonds is 4. The van der Waals surface area contributed by atoms with Gasteiger partial charge in [0.15, 0.2) is 5.13 Å². The summed E-state index contributed by atoms with van der Waals surface area (Å²) in [7, 11) is 0. The maximum atomic E-state index is 12.5. The molecule has 0 atom stereocenters. The average molecular weight is 317 g/mol. The zero-order valence-electron chi connectivity index (χ0n) is 12.8. The molecule has 2 aromatic rings.